The van der Waals surface area contributed by atoms with Crippen LogP contribution in [0.15, 0.2) is 11.8 Å². The second-order valence-electron chi connectivity index (χ2n) is 6.06. The standard InChI is InChI=1S/C15H26O4/c1-6-8-12(19-13(16)14(3,4)5)15(7-2)9-17-11-18-10-15/h8H,6-7,9-11H2,1-5H3. The molecular formula is C15H26O4. The lowest BCUT2D eigenvalue weighted by Crippen LogP contribution is -2.41. The summed E-state index contributed by atoms with van der Waals surface area (Å²) in [5.41, 5.74) is -0.854. The predicted molar refractivity (Wildman–Crippen MR) is 73.4 cm³/mol. The molecule has 4 nitrogen and oxygen atoms in total. The predicted octanol–water partition coefficient (Wildman–Crippen LogP) is 3.27. The highest BCUT2D eigenvalue weighted by Crippen LogP contribution is 2.37. The van der Waals surface area contributed by atoms with Gasteiger partial charge in [0.2, 0.25) is 0 Å². The van der Waals surface area contributed by atoms with E-state index in [-0.39, 0.29) is 11.4 Å². The number of esters is 1. The number of carbonyl (C=O) groups is 1. The van der Waals surface area contributed by atoms with Gasteiger partial charge in [-0.05, 0) is 39.7 Å². The van der Waals surface area contributed by atoms with Crippen LogP contribution in [0.1, 0.15) is 47.5 Å². The van der Waals surface area contributed by atoms with Gasteiger partial charge in [0.15, 0.2) is 0 Å². The Balaban J connectivity index is 2.93. The van der Waals surface area contributed by atoms with E-state index in [1.165, 1.54) is 0 Å². The maximum absolute atomic E-state index is 12.1. The Kier molecular flexibility index (Phi) is 5.56. The number of ether oxygens (including phenoxy) is 3. The molecule has 110 valence electrons. The van der Waals surface area contributed by atoms with Crippen LogP contribution >= 0.6 is 0 Å². The van der Waals surface area contributed by atoms with Crippen molar-refractivity contribution < 1.29 is 19.0 Å². The first-order chi connectivity index (χ1) is 8.85. The van der Waals surface area contributed by atoms with Crippen molar-refractivity contribution in [1.82, 2.24) is 0 Å². The molecule has 0 aromatic heterocycles. The van der Waals surface area contributed by atoms with Crippen LogP contribution in [0.2, 0.25) is 0 Å². The van der Waals surface area contributed by atoms with E-state index in [1.807, 2.05) is 33.8 Å². The molecule has 0 aromatic rings. The number of allylic oxidation sites excluding steroid dienone is 1. The maximum atomic E-state index is 12.1. The Bertz CT molecular complexity index is 333. The minimum absolute atomic E-state index is 0.217. The number of hydrogen-bond acceptors (Lipinski definition) is 4. The Morgan fingerprint density at radius 3 is 2.26 bits per heavy atom. The molecule has 0 spiro atoms. The third-order valence-corrected chi connectivity index (χ3v) is 3.33. The van der Waals surface area contributed by atoms with Crippen molar-refractivity contribution in [2.75, 3.05) is 20.0 Å². The SMILES string of the molecule is CCC=C(OC(=O)C(C)(C)C)C1(CC)COCOC1. The first-order valence-electron chi connectivity index (χ1n) is 6.94. The molecule has 0 atom stereocenters. The Labute approximate surface area is 116 Å². The quantitative estimate of drug-likeness (QED) is 0.581. The van der Waals surface area contributed by atoms with Gasteiger partial charge in [-0.25, -0.2) is 0 Å². The van der Waals surface area contributed by atoms with E-state index in [0.717, 1.165) is 12.8 Å². The summed E-state index contributed by atoms with van der Waals surface area (Å²) in [5.74, 6) is 0.475. The summed E-state index contributed by atoms with van der Waals surface area (Å²) in [6.45, 7) is 11.0. The molecule has 0 radical (unpaired) electrons. The van der Waals surface area contributed by atoms with Gasteiger partial charge in [0.1, 0.15) is 12.6 Å². The summed E-state index contributed by atoms with van der Waals surface area (Å²) >= 11 is 0. The minimum atomic E-state index is -0.516. The zero-order chi connectivity index (χ0) is 14.5. The molecule has 0 unspecified atom stereocenters. The van der Waals surface area contributed by atoms with Gasteiger partial charge in [-0.15, -0.1) is 0 Å². The van der Waals surface area contributed by atoms with E-state index in [9.17, 15) is 4.79 Å². The van der Waals surface area contributed by atoms with E-state index in [1.54, 1.807) is 0 Å². The number of carbonyl (C=O) groups excluding carboxylic acids is 1. The Hall–Kier alpha value is -0.870. The van der Waals surface area contributed by atoms with Gasteiger partial charge in [-0.2, -0.15) is 0 Å². The lowest BCUT2D eigenvalue weighted by Gasteiger charge is -2.37. The summed E-state index contributed by atoms with van der Waals surface area (Å²) in [7, 11) is 0. The summed E-state index contributed by atoms with van der Waals surface area (Å²) in [4.78, 5) is 12.1. The fourth-order valence-corrected chi connectivity index (χ4v) is 1.90. The molecule has 1 aliphatic heterocycles. The molecule has 0 N–H and O–H groups in total. The summed E-state index contributed by atoms with van der Waals surface area (Å²) < 4.78 is 16.5. The Morgan fingerprint density at radius 2 is 1.84 bits per heavy atom. The van der Waals surface area contributed by atoms with Crippen LogP contribution < -0.4 is 0 Å². The maximum Gasteiger partial charge on any atom is 0.316 e. The third-order valence-electron chi connectivity index (χ3n) is 3.33. The van der Waals surface area contributed by atoms with Crippen molar-refractivity contribution in [3.8, 4) is 0 Å². The fraction of sp³-hybridized carbons (Fsp3) is 0.800. The van der Waals surface area contributed by atoms with E-state index < -0.39 is 5.41 Å². The van der Waals surface area contributed by atoms with Crippen LogP contribution in [-0.2, 0) is 19.0 Å². The van der Waals surface area contributed by atoms with E-state index in [2.05, 4.69) is 6.92 Å². The van der Waals surface area contributed by atoms with Crippen LogP contribution in [0.3, 0.4) is 0 Å². The van der Waals surface area contributed by atoms with Crippen LogP contribution in [0, 0.1) is 10.8 Å². The summed E-state index contributed by atoms with van der Waals surface area (Å²) in [6, 6.07) is 0. The zero-order valence-electron chi connectivity index (χ0n) is 12.7. The normalized spacial score (nSPS) is 20.2. The highest BCUT2D eigenvalue weighted by atomic mass is 16.7. The monoisotopic (exact) mass is 270 g/mol. The first-order valence-corrected chi connectivity index (χ1v) is 6.94. The van der Waals surface area contributed by atoms with Crippen molar-refractivity contribution in [2.24, 2.45) is 10.8 Å². The number of rotatable bonds is 4. The molecule has 1 rings (SSSR count). The minimum Gasteiger partial charge on any atom is -0.430 e. The van der Waals surface area contributed by atoms with Gasteiger partial charge in [0, 0.05) is 0 Å². The van der Waals surface area contributed by atoms with Crippen molar-refractivity contribution in [1.29, 1.82) is 0 Å². The van der Waals surface area contributed by atoms with Crippen molar-refractivity contribution in [3.63, 3.8) is 0 Å². The lowest BCUT2D eigenvalue weighted by molar-refractivity contribution is -0.174. The average molecular weight is 270 g/mol. The highest BCUT2D eigenvalue weighted by molar-refractivity contribution is 5.76. The van der Waals surface area contributed by atoms with Crippen molar-refractivity contribution in [2.45, 2.75) is 47.5 Å². The second kappa shape index (κ2) is 6.53. The van der Waals surface area contributed by atoms with Gasteiger partial charge >= 0.3 is 5.97 Å². The molecule has 0 aliphatic carbocycles. The lowest BCUT2D eigenvalue weighted by atomic mass is 9.83. The third kappa shape index (κ3) is 4.05. The molecule has 1 heterocycles. The number of hydrogen-bond donors (Lipinski definition) is 0. The fourth-order valence-electron chi connectivity index (χ4n) is 1.90. The second-order valence-corrected chi connectivity index (χ2v) is 6.06. The summed E-state index contributed by atoms with van der Waals surface area (Å²) in [5, 5.41) is 0. The first kappa shape index (κ1) is 16.2. The van der Waals surface area contributed by atoms with Gasteiger partial charge in [-0.3, -0.25) is 4.79 Å². The van der Waals surface area contributed by atoms with E-state index in [0.29, 0.717) is 25.8 Å². The molecule has 0 bridgehead atoms. The van der Waals surface area contributed by atoms with Crippen LogP contribution in [-0.4, -0.2) is 26.0 Å². The largest absolute Gasteiger partial charge is 0.430 e. The van der Waals surface area contributed by atoms with Crippen molar-refractivity contribution >= 4 is 5.97 Å². The van der Waals surface area contributed by atoms with Gasteiger partial charge < -0.3 is 14.2 Å². The Morgan fingerprint density at radius 1 is 1.26 bits per heavy atom. The van der Waals surface area contributed by atoms with Gasteiger partial charge in [0.05, 0.1) is 24.0 Å². The van der Waals surface area contributed by atoms with Gasteiger partial charge in [0.25, 0.3) is 0 Å². The molecule has 1 aliphatic rings. The van der Waals surface area contributed by atoms with Gasteiger partial charge in [-0.1, -0.05) is 13.8 Å². The van der Waals surface area contributed by atoms with E-state index in [4.69, 9.17) is 14.2 Å². The van der Waals surface area contributed by atoms with Crippen molar-refractivity contribution in [3.05, 3.63) is 11.8 Å². The smallest absolute Gasteiger partial charge is 0.316 e. The zero-order valence-corrected chi connectivity index (χ0v) is 12.7. The summed E-state index contributed by atoms with van der Waals surface area (Å²) in [6.07, 6.45) is 3.59. The molecule has 1 fully saturated rings. The molecule has 0 aromatic carbocycles. The van der Waals surface area contributed by atoms with Crippen LogP contribution in [0.5, 0.6) is 0 Å². The van der Waals surface area contributed by atoms with Crippen LogP contribution in [0.4, 0.5) is 0 Å². The van der Waals surface area contributed by atoms with Crippen LogP contribution in [0.25, 0.3) is 0 Å². The molecule has 0 amide bonds. The molecule has 4 heteroatoms. The molecular weight excluding hydrogens is 244 g/mol. The highest BCUT2D eigenvalue weighted by Gasteiger charge is 2.39. The average Bonchev–Trinajstić information content (AvgIpc) is 2.37. The van der Waals surface area contributed by atoms with E-state index >= 15 is 0 Å². The molecule has 1 saturated heterocycles. The molecule has 19 heavy (non-hydrogen) atoms. The topological polar surface area (TPSA) is 44.8 Å². The molecule has 0 saturated carbocycles.